The van der Waals surface area contributed by atoms with Gasteiger partial charge in [0.2, 0.25) is 5.91 Å². The summed E-state index contributed by atoms with van der Waals surface area (Å²) < 4.78 is 0. The molecule has 0 radical (unpaired) electrons. The minimum atomic E-state index is 0.105. The van der Waals surface area contributed by atoms with Crippen LogP contribution in [0.1, 0.15) is 12.0 Å². The monoisotopic (exact) mass is 186 g/mol. The van der Waals surface area contributed by atoms with Crippen molar-refractivity contribution in [1.82, 2.24) is 4.98 Å². The highest BCUT2D eigenvalue weighted by Crippen LogP contribution is 2.29. The van der Waals surface area contributed by atoms with Gasteiger partial charge in [-0.1, -0.05) is 6.07 Å². The Morgan fingerprint density at radius 2 is 2.14 bits per heavy atom. The van der Waals surface area contributed by atoms with E-state index in [0.717, 1.165) is 17.6 Å². The molecule has 0 aliphatic carbocycles. The quantitative estimate of drug-likeness (QED) is 0.649. The number of aromatic nitrogens is 1. The second-order valence-corrected chi connectivity index (χ2v) is 3.59. The molecule has 1 aliphatic rings. The van der Waals surface area contributed by atoms with Gasteiger partial charge in [0.15, 0.2) is 0 Å². The Balaban J connectivity index is 2.36. The zero-order valence-electron chi connectivity index (χ0n) is 7.63. The normalized spacial score (nSPS) is 15.3. The molecule has 0 spiro atoms. The van der Waals surface area contributed by atoms with Gasteiger partial charge in [-0.25, -0.2) is 0 Å². The number of hydrogen-bond donors (Lipinski definition) is 2. The van der Waals surface area contributed by atoms with E-state index < -0.39 is 0 Å². The molecule has 1 aliphatic heterocycles. The second kappa shape index (κ2) is 2.61. The Bertz CT molecular complexity index is 513. The van der Waals surface area contributed by atoms with Gasteiger partial charge in [-0.2, -0.15) is 0 Å². The summed E-state index contributed by atoms with van der Waals surface area (Å²) in [6, 6.07) is 5.92. The maximum atomic E-state index is 11.4. The van der Waals surface area contributed by atoms with Gasteiger partial charge in [-0.05, 0) is 24.1 Å². The summed E-state index contributed by atoms with van der Waals surface area (Å²) in [5.74, 6) is 0.105. The van der Waals surface area contributed by atoms with Gasteiger partial charge in [-0.3, -0.25) is 4.79 Å². The van der Waals surface area contributed by atoms with Gasteiger partial charge in [0.1, 0.15) is 0 Å². The van der Waals surface area contributed by atoms with E-state index in [-0.39, 0.29) is 5.91 Å². The smallest absolute Gasteiger partial charge is 0.224 e. The number of carbonyl (C=O) groups excluding carboxylic acids is 1. The Kier molecular flexibility index (Phi) is 1.42. The third-order valence-electron chi connectivity index (χ3n) is 2.68. The molecule has 3 rings (SSSR count). The number of anilines is 1. The number of benzene rings is 1. The molecule has 1 amide bonds. The van der Waals surface area contributed by atoms with Gasteiger partial charge in [0.25, 0.3) is 0 Å². The van der Waals surface area contributed by atoms with E-state index in [1.165, 1.54) is 10.9 Å². The molecule has 0 unspecified atom stereocenters. The number of aryl methyl sites for hydroxylation is 1. The van der Waals surface area contributed by atoms with E-state index in [1.54, 1.807) is 0 Å². The number of amides is 1. The second-order valence-electron chi connectivity index (χ2n) is 3.59. The van der Waals surface area contributed by atoms with Gasteiger partial charge in [0, 0.05) is 23.5 Å². The lowest BCUT2D eigenvalue weighted by molar-refractivity contribution is -0.116. The summed E-state index contributed by atoms with van der Waals surface area (Å²) in [6.45, 7) is 0. The molecule has 2 N–H and O–H groups in total. The molecule has 0 saturated carbocycles. The predicted octanol–water partition coefficient (Wildman–Crippen LogP) is 2.05. The average molecular weight is 186 g/mol. The maximum absolute atomic E-state index is 11.4. The molecule has 1 aromatic carbocycles. The lowest BCUT2D eigenvalue weighted by Gasteiger charge is -2.02. The summed E-state index contributed by atoms with van der Waals surface area (Å²) in [4.78, 5) is 14.6. The van der Waals surface area contributed by atoms with Crippen molar-refractivity contribution in [1.29, 1.82) is 0 Å². The van der Waals surface area contributed by atoms with E-state index in [9.17, 15) is 4.79 Å². The standard InChI is InChI=1S/C11H10N2O/c14-10-5-4-7-6-12-8-2-1-3-9(13-10)11(7)8/h1-3,6,12H,4-5H2,(H,13,14). The zero-order chi connectivity index (χ0) is 9.54. The summed E-state index contributed by atoms with van der Waals surface area (Å²) in [6.07, 6.45) is 3.39. The van der Waals surface area contributed by atoms with Gasteiger partial charge >= 0.3 is 0 Å². The molecule has 70 valence electrons. The molecule has 3 nitrogen and oxygen atoms in total. The summed E-state index contributed by atoms with van der Waals surface area (Å²) in [5, 5.41) is 4.08. The highest BCUT2D eigenvalue weighted by molar-refractivity contribution is 6.04. The number of H-pyrrole nitrogens is 1. The van der Waals surface area contributed by atoms with Crippen molar-refractivity contribution < 1.29 is 4.79 Å². The van der Waals surface area contributed by atoms with E-state index >= 15 is 0 Å². The topological polar surface area (TPSA) is 44.9 Å². The van der Waals surface area contributed by atoms with Crippen LogP contribution in [0, 0.1) is 0 Å². The van der Waals surface area contributed by atoms with E-state index in [4.69, 9.17) is 0 Å². The third kappa shape index (κ3) is 0.954. The molecule has 3 heteroatoms. The van der Waals surface area contributed by atoms with Crippen molar-refractivity contribution in [3.05, 3.63) is 30.0 Å². The molecule has 0 fully saturated rings. The van der Waals surface area contributed by atoms with Crippen LogP contribution in [-0.4, -0.2) is 10.9 Å². The fraction of sp³-hybridized carbons (Fsp3) is 0.182. The molecule has 0 bridgehead atoms. The minimum absolute atomic E-state index is 0.105. The first-order valence-corrected chi connectivity index (χ1v) is 4.73. The highest BCUT2D eigenvalue weighted by Gasteiger charge is 2.15. The molecule has 2 aromatic rings. The van der Waals surface area contributed by atoms with Crippen LogP contribution in [0.4, 0.5) is 5.69 Å². The number of nitrogens with one attached hydrogen (secondary N) is 2. The van der Waals surface area contributed by atoms with Crippen LogP contribution in [0.3, 0.4) is 0 Å². The van der Waals surface area contributed by atoms with Gasteiger partial charge in [-0.15, -0.1) is 0 Å². The van der Waals surface area contributed by atoms with Crippen molar-refractivity contribution in [2.24, 2.45) is 0 Å². The molecule has 2 heterocycles. The van der Waals surface area contributed by atoms with Crippen molar-refractivity contribution in [3.63, 3.8) is 0 Å². The van der Waals surface area contributed by atoms with Crippen molar-refractivity contribution in [3.8, 4) is 0 Å². The maximum Gasteiger partial charge on any atom is 0.224 e. The average Bonchev–Trinajstić information content (AvgIpc) is 2.51. The highest BCUT2D eigenvalue weighted by atomic mass is 16.1. The largest absolute Gasteiger partial charge is 0.361 e. The number of hydrogen-bond acceptors (Lipinski definition) is 1. The van der Waals surface area contributed by atoms with Crippen LogP contribution in [0.15, 0.2) is 24.4 Å². The van der Waals surface area contributed by atoms with Crippen LogP contribution < -0.4 is 5.32 Å². The fourth-order valence-corrected chi connectivity index (χ4v) is 2.02. The van der Waals surface area contributed by atoms with Crippen LogP contribution >= 0.6 is 0 Å². The van der Waals surface area contributed by atoms with Crippen molar-refractivity contribution in [2.75, 3.05) is 5.32 Å². The van der Waals surface area contributed by atoms with Crippen molar-refractivity contribution in [2.45, 2.75) is 12.8 Å². The first-order chi connectivity index (χ1) is 6.84. The Labute approximate surface area is 81.1 Å². The van der Waals surface area contributed by atoms with Crippen LogP contribution in [0.5, 0.6) is 0 Å². The first-order valence-electron chi connectivity index (χ1n) is 4.73. The third-order valence-corrected chi connectivity index (χ3v) is 2.68. The van der Waals surface area contributed by atoms with E-state index in [2.05, 4.69) is 10.3 Å². The van der Waals surface area contributed by atoms with Crippen LogP contribution in [0.25, 0.3) is 10.9 Å². The summed E-state index contributed by atoms with van der Waals surface area (Å²) >= 11 is 0. The van der Waals surface area contributed by atoms with Crippen LogP contribution in [0.2, 0.25) is 0 Å². The van der Waals surface area contributed by atoms with Crippen LogP contribution in [-0.2, 0) is 11.2 Å². The molecule has 0 saturated heterocycles. The molecular formula is C11H10N2O. The van der Waals surface area contributed by atoms with Gasteiger partial charge < -0.3 is 10.3 Å². The summed E-state index contributed by atoms with van der Waals surface area (Å²) in [5.41, 5.74) is 3.26. The number of carbonyl (C=O) groups is 1. The number of aromatic amines is 1. The zero-order valence-corrected chi connectivity index (χ0v) is 7.63. The SMILES string of the molecule is O=C1CCc2c[nH]c3cccc(c23)N1. The predicted molar refractivity (Wildman–Crippen MR) is 55.2 cm³/mol. The Morgan fingerprint density at radius 1 is 1.21 bits per heavy atom. The summed E-state index contributed by atoms with van der Waals surface area (Å²) in [7, 11) is 0. The molecular weight excluding hydrogens is 176 g/mol. The Hall–Kier alpha value is -1.77. The molecule has 1 aromatic heterocycles. The minimum Gasteiger partial charge on any atom is -0.361 e. The lowest BCUT2D eigenvalue weighted by Crippen LogP contribution is -2.09. The number of rotatable bonds is 0. The van der Waals surface area contributed by atoms with Gasteiger partial charge in [0.05, 0.1) is 5.69 Å². The van der Waals surface area contributed by atoms with E-state index in [0.29, 0.717) is 6.42 Å². The lowest BCUT2D eigenvalue weighted by atomic mass is 10.1. The van der Waals surface area contributed by atoms with E-state index in [1.807, 2.05) is 24.4 Å². The van der Waals surface area contributed by atoms with Crippen molar-refractivity contribution >= 4 is 22.5 Å². The fourth-order valence-electron chi connectivity index (χ4n) is 2.02. The first kappa shape index (κ1) is 7.62. The Morgan fingerprint density at radius 3 is 3.07 bits per heavy atom. The molecule has 14 heavy (non-hydrogen) atoms. The molecule has 0 atom stereocenters.